The third kappa shape index (κ3) is 3.94. The van der Waals surface area contributed by atoms with Crippen molar-refractivity contribution in [1.29, 1.82) is 0 Å². The molecule has 0 radical (unpaired) electrons. The number of carbonyl (C=O) groups excluding carboxylic acids is 1. The molecule has 1 amide bonds. The Morgan fingerprint density at radius 2 is 1.69 bits per heavy atom. The zero-order chi connectivity index (χ0) is 18.7. The monoisotopic (exact) mass is 373 g/mol. The maximum atomic E-state index is 12.8. The molecule has 7 heteroatoms. The second kappa shape index (κ2) is 7.55. The standard InChI is InChI=1S/C19H23N3O3S/c1-15-4-8-18(9-5-15)26(24,25)22-11-3-10-21(12-13-22)19(23)17-7-6-16(2)20-14-17/h4-9,14H,3,10-13H2,1-2H3. The van der Waals surface area contributed by atoms with Crippen LogP contribution in [0.2, 0.25) is 0 Å². The Morgan fingerprint density at radius 3 is 2.35 bits per heavy atom. The van der Waals surface area contributed by atoms with Crippen molar-refractivity contribution in [2.45, 2.75) is 25.2 Å². The first-order valence-electron chi connectivity index (χ1n) is 8.67. The van der Waals surface area contributed by atoms with E-state index in [2.05, 4.69) is 4.98 Å². The molecule has 3 rings (SSSR count). The van der Waals surface area contributed by atoms with Gasteiger partial charge in [0.05, 0.1) is 10.5 Å². The highest BCUT2D eigenvalue weighted by molar-refractivity contribution is 7.89. The number of carbonyl (C=O) groups is 1. The topological polar surface area (TPSA) is 70.6 Å². The number of hydrogen-bond donors (Lipinski definition) is 0. The molecule has 0 spiro atoms. The predicted octanol–water partition coefficient (Wildman–Crippen LogP) is 2.24. The molecule has 0 N–H and O–H groups in total. The number of benzene rings is 1. The van der Waals surface area contributed by atoms with E-state index in [1.165, 1.54) is 4.31 Å². The van der Waals surface area contributed by atoms with Crippen molar-refractivity contribution in [1.82, 2.24) is 14.2 Å². The van der Waals surface area contributed by atoms with E-state index in [0.29, 0.717) is 43.1 Å². The van der Waals surface area contributed by atoms with Crippen molar-refractivity contribution in [3.63, 3.8) is 0 Å². The molecule has 0 atom stereocenters. The molecule has 0 unspecified atom stereocenters. The van der Waals surface area contributed by atoms with Crippen LogP contribution in [0.4, 0.5) is 0 Å². The average Bonchev–Trinajstić information content (AvgIpc) is 2.89. The number of pyridine rings is 1. The van der Waals surface area contributed by atoms with E-state index in [-0.39, 0.29) is 5.91 Å². The maximum Gasteiger partial charge on any atom is 0.255 e. The van der Waals surface area contributed by atoms with Gasteiger partial charge in [-0.15, -0.1) is 0 Å². The number of rotatable bonds is 3. The zero-order valence-corrected chi connectivity index (χ0v) is 15.9. The van der Waals surface area contributed by atoms with Gasteiger partial charge >= 0.3 is 0 Å². The number of aryl methyl sites for hydroxylation is 2. The minimum atomic E-state index is -3.54. The summed E-state index contributed by atoms with van der Waals surface area (Å²) >= 11 is 0. The van der Waals surface area contributed by atoms with Crippen molar-refractivity contribution in [2.75, 3.05) is 26.2 Å². The third-order valence-electron chi connectivity index (χ3n) is 4.56. The van der Waals surface area contributed by atoms with E-state index in [0.717, 1.165) is 11.3 Å². The largest absolute Gasteiger partial charge is 0.337 e. The molecule has 1 aromatic heterocycles. The first kappa shape index (κ1) is 18.5. The Hall–Kier alpha value is -2.25. The summed E-state index contributed by atoms with van der Waals surface area (Å²) in [6, 6.07) is 10.4. The fourth-order valence-corrected chi connectivity index (χ4v) is 4.44. The summed E-state index contributed by atoms with van der Waals surface area (Å²) in [6.07, 6.45) is 2.18. The van der Waals surface area contributed by atoms with Crippen LogP contribution in [0.5, 0.6) is 0 Å². The first-order valence-corrected chi connectivity index (χ1v) is 10.1. The Labute approximate surface area is 154 Å². The summed E-state index contributed by atoms with van der Waals surface area (Å²) in [7, 11) is -3.54. The molecule has 2 aromatic rings. The molecule has 0 saturated carbocycles. The molecule has 1 fully saturated rings. The average molecular weight is 373 g/mol. The van der Waals surface area contributed by atoms with E-state index >= 15 is 0 Å². The quantitative estimate of drug-likeness (QED) is 0.827. The summed E-state index contributed by atoms with van der Waals surface area (Å²) in [6.45, 7) is 5.40. The molecule has 1 saturated heterocycles. The Morgan fingerprint density at radius 1 is 0.962 bits per heavy atom. The molecule has 138 valence electrons. The molecule has 0 bridgehead atoms. The van der Waals surface area contributed by atoms with E-state index in [1.54, 1.807) is 47.5 Å². The van der Waals surface area contributed by atoms with Crippen molar-refractivity contribution in [3.8, 4) is 0 Å². The normalized spacial score (nSPS) is 16.3. The summed E-state index contributed by atoms with van der Waals surface area (Å²) in [5.74, 6) is -0.105. The molecule has 1 aliphatic heterocycles. The van der Waals surface area contributed by atoms with E-state index in [1.807, 2.05) is 13.8 Å². The smallest absolute Gasteiger partial charge is 0.255 e. The van der Waals surface area contributed by atoms with Crippen LogP contribution in [0.15, 0.2) is 47.5 Å². The Balaban J connectivity index is 1.72. The van der Waals surface area contributed by atoms with Gasteiger partial charge in [-0.1, -0.05) is 17.7 Å². The van der Waals surface area contributed by atoms with Crippen molar-refractivity contribution < 1.29 is 13.2 Å². The summed E-state index contributed by atoms with van der Waals surface area (Å²) in [4.78, 5) is 18.8. The van der Waals surface area contributed by atoms with Crippen molar-refractivity contribution in [3.05, 3.63) is 59.4 Å². The molecular weight excluding hydrogens is 350 g/mol. The first-order chi connectivity index (χ1) is 12.4. The maximum absolute atomic E-state index is 12.8. The van der Waals surface area contributed by atoms with Gasteiger partial charge in [0.25, 0.3) is 5.91 Å². The van der Waals surface area contributed by atoms with Crippen LogP contribution in [0, 0.1) is 13.8 Å². The summed E-state index contributed by atoms with van der Waals surface area (Å²) < 4.78 is 27.2. The lowest BCUT2D eigenvalue weighted by atomic mass is 10.2. The van der Waals surface area contributed by atoms with Crippen LogP contribution in [-0.4, -0.2) is 54.7 Å². The number of sulfonamides is 1. The van der Waals surface area contributed by atoms with E-state index in [4.69, 9.17) is 0 Å². The lowest BCUT2D eigenvalue weighted by Crippen LogP contribution is -2.37. The van der Waals surface area contributed by atoms with E-state index < -0.39 is 10.0 Å². The fraction of sp³-hybridized carbons (Fsp3) is 0.368. The van der Waals surface area contributed by atoms with Gasteiger partial charge in [0.15, 0.2) is 0 Å². The SMILES string of the molecule is Cc1ccc(S(=O)(=O)N2CCCN(C(=O)c3ccc(C)nc3)CC2)cc1. The molecule has 1 aliphatic rings. The summed E-state index contributed by atoms with van der Waals surface area (Å²) in [5.41, 5.74) is 2.40. The predicted molar refractivity (Wildman–Crippen MR) is 99.4 cm³/mol. The fourth-order valence-electron chi connectivity index (χ4n) is 2.97. The second-order valence-electron chi connectivity index (χ2n) is 6.55. The highest BCUT2D eigenvalue weighted by atomic mass is 32.2. The van der Waals surface area contributed by atoms with Gasteiger partial charge in [0.1, 0.15) is 0 Å². The van der Waals surface area contributed by atoms with Gasteiger partial charge in [-0.05, 0) is 44.5 Å². The number of nitrogens with zero attached hydrogens (tertiary/aromatic N) is 3. The highest BCUT2D eigenvalue weighted by Crippen LogP contribution is 2.19. The van der Waals surface area contributed by atoms with Gasteiger partial charge in [0.2, 0.25) is 10.0 Å². The zero-order valence-electron chi connectivity index (χ0n) is 15.1. The van der Waals surface area contributed by atoms with Crippen molar-refractivity contribution in [2.24, 2.45) is 0 Å². The van der Waals surface area contributed by atoms with Crippen LogP contribution in [0.3, 0.4) is 0 Å². The molecule has 0 aliphatic carbocycles. The minimum absolute atomic E-state index is 0.105. The molecule has 1 aromatic carbocycles. The molecule has 26 heavy (non-hydrogen) atoms. The van der Waals surface area contributed by atoms with Crippen LogP contribution in [0.1, 0.15) is 28.0 Å². The van der Waals surface area contributed by atoms with Crippen LogP contribution in [-0.2, 0) is 10.0 Å². The lowest BCUT2D eigenvalue weighted by Gasteiger charge is -2.22. The van der Waals surface area contributed by atoms with E-state index in [9.17, 15) is 13.2 Å². The third-order valence-corrected chi connectivity index (χ3v) is 6.47. The molecule has 2 heterocycles. The lowest BCUT2D eigenvalue weighted by molar-refractivity contribution is 0.0764. The van der Waals surface area contributed by atoms with Gasteiger partial charge in [-0.3, -0.25) is 9.78 Å². The Bertz CT molecular complexity index is 877. The van der Waals surface area contributed by atoms with Gasteiger partial charge in [-0.2, -0.15) is 4.31 Å². The van der Waals surface area contributed by atoms with Crippen LogP contribution < -0.4 is 0 Å². The molecule has 6 nitrogen and oxygen atoms in total. The highest BCUT2D eigenvalue weighted by Gasteiger charge is 2.28. The van der Waals surface area contributed by atoms with Crippen LogP contribution >= 0.6 is 0 Å². The van der Waals surface area contributed by atoms with Gasteiger partial charge < -0.3 is 4.90 Å². The second-order valence-corrected chi connectivity index (χ2v) is 8.49. The minimum Gasteiger partial charge on any atom is -0.337 e. The van der Waals surface area contributed by atoms with Gasteiger partial charge in [0, 0.05) is 38.1 Å². The Kier molecular flexibility index (Phi) is 5.38. The number of aromatic nitrogens is 1. The molecular formula is C19H23N3O3S. The van der Waals surface area contributed by atoms with Crippen LogP contribution in [0.25, 0.3) is 0 Å². The van der Waals surface area contributed by atoms with Gasteiger partial charge in [-0.25, -0.2) is 8.42 Å². The number of amides is 1. The van der Waals surface area contributed by atoms with Crippen molar-refractivity contribution >= 4 is 15.9 Å². The number of hydrogen-bond acceptors (Lipinski definition) is 4. The summed E-state index contributed by atoms with van der Waals surface area (Å²) in [5, 5.41) is 0.